The fourth-order valence-electron chi connectivity index (χ4n) is 3.49. The molecule has 0 aromatic heterocycles. The summed E-state index contributed by atoms with van der Waals surface area (Å²) in [4.78, 5) is 26.8. The van der Waals surface area contributed by atoms with Gasteiger partial charge in [0.05, 0.1) is 10.9 Å². The zero-order valence-electron chi connectivity index (χ0n) is 17.8. The molecule has 2 amide bonds. The van der Waals surface area contributed by atoms with Crippen molar-refractivity contribution in [1.29, 1.82) is 0 Å². The molecule has 0 bridgehead atoms. The predicted octanol–water partition coefficient (Wildman–Crippen LogP) is 2.14. The van der Waals surface area contributed by atoms with Crippen LogP contribution in [0.4, 0.5) is 4.79 Å². The minimum Gasteiger partial charge on any atom is -0.484 e. The van der Waals surface area contributed by atoms with E-state index in [0.29, 0.717) is 25.3 Å². The lowest BCUT2D eigenvalue weighted by molar-refractivity contribution is -0.136. The molecule has 1 atom stereocenters. The number of hydrogen-bond donors (Lipinski definition) is 2. The van der Waals surface area contributed by atoms with Crippen LogP contribution in [0.5, 0.6) is 5.75 Å². The highest BCUT2D eigenvalue weighted by Gasteiger charge is 2.31. The Kier molecular flexibility index (Phi) is 7.70. The van der Waals surface area contributed by atoms with Gasteiger partial charge in [-0.2, -0.15) is 0 Å². The van der Waals surface area contributed by atoms with E-state index in [1.54, 1.807) is 4.90 Å². The Bertz CT molecular complexity index is 1030. The normalized spacial score (nSPS) is 16.6. The smallest absolute Gasteiger partial charge is 0.407 e. The van der Waals surface area contributed by atoms with Crippen molar-refractivity contribution in [2.24, 2.45) is 0 Å². The lowest BCUT2D eigenvalue weighted by Crippen LogP contribution is -2.56. The fraction of sp³-hybridized carbons (Fsp3) is 0.364. The van der Waals surface area contributed by atoms with Gasteiger partial charge in [-0.15, -0.1) is 0 Å². The van der Waals surface area contributed by atoms with Crippen molar-refractivity contribution >= 4 is 22.0 Å². The molecule has 0 radical (unpaired) electrons. The van der Waals surface area contributed by atoms with Crippen LogP contribution in [0.15, 0.2) is 59.5 Å². The minimum atomic E-state index is -3.68. The number of rotatable bonds is 8. The average molecular weight is 462 g/mol. The van der Waals surface area contributed by atoms with Crippen molar-refractivity contribution in [2.45, 2.75) is 30.8 Å². The number of hydrogen-bond acceptors (Lipinski definition) is 5. The average Bonchev–Trinajstić information content (AvgIpc) is 2.81. The molecule has 32 heavy (non-hydrogen) atoms. The first-order valence-corrected chi connectivity index (χ1v) is 11.8. The van der Waals surface area contributed by atoms with Crippen LogP contribution >= 0.6 is 0 Å². The van der Waals surface area contributed by atoms with Gasteiger partial charge in [0.2, 0.25) is 10.0 Å². The molecule has 3 rings (SSSR count). The lowest BCUT2D eigenvalue weighted by Gasteiger charge is -2.39. The molecule has 0 saturated carbocycles. The van der Waals surface area contributed by atoms with Gasteiger partial charge in [-0.1, -0.05) is 37.3 Å². The highest BCUT2D eigenvalue weighted by molar-refractivity contribution is 7.89. The standard InChI is InChI=1S/C22H27N3O6S/c1-2-18-15-24(12-13-25(18)22(27)28)21(26)16-31-19-8-10-20(11-9-19)32(29,30)23-14-17-6-4-3-5-7-17/h3-11,18,23H,2,12-16H2,1H3,(H,27,28). The summed E-state index contributed by atoms with van der Waals surface area (Å²) in [7, 11) is -3.68. The topological polar surface area (TPSA) is 116 Å². The summed E-state index contributed by atoms with van der Waals surface area (Å²) >= 11 is 0. The van der Waals surface area contributed by atoms with E-state index >= 15 is 0 Å². The van der Waals surface area contributed by atoms with Crippen LogP contribution in [0.25, 0.3) is 0 Å². The molecule has 0 spiro atoms. The zero-order chi connectivity index (χ0) is 23.1. The molecule has 10 heteroatoms. The molecule has 1 unspecified atom stereocenters. The summed E-state index contributed by atoms with van der Waals surface area (Å²) in [6.07, 6.45) is -0.362. The van der Waals surface area contributed by atoms with Gasteiger partial charge in [0.15, 0.2) is 6.61 Å². The Morgan fingerprint density at radius 2 is 1.78 bits per heavy atom. The summed E-state index contributed by atoms with van der Waals surface area (Å²) in [6.45, 7) is 2.77. The highest BCUT2D eigenvalue weighted by atomic mass is 32.2. The fourth-order valence-corrected chi connectivity index (χ4v) is 4.51. The molecule has 1 aliphatic heterocycles. The van der Waals surface area contributed by atoms with Crippen LogP contribution in [0.3, 0.4) is 0 Å². The van der Waals surface area contributed by atoms with Crippen LogP contribution in [0, 0.1) is 0 Å². The first kappa shape index (κ1) is 23.6. The van der Waals surface area contributed by atoms with Crippen LogP contribution in [-0.4, -0.2) is 67.6 Å². The number of sulfonamides is 1. The van der Waals surface area contributed by atoms with E-state index in [9.17, 15) is 23.1 Å². The van der Waals surface area contributed by atoms with Gasteiger partial charge in [-0.05, 0) is 36.2 Å². The summed E-state index contributed by atoms with van der Waals surface area (Å²) in [6, 6.07) is 14.8. The Morgan fingerprint density at radius 1 is 1.09 bits per heavy atom. The van der Waals surface area contributed by atoms with Gasteiger partial charge < -0.3 is 19.6 Å². The van der Waals surface area contributed by atoms with E-state index in [2.05, 4.69) is 4.72 Å². The van der Waals surface area contributed by atoms with Crippen molar-refractivity contribution in [3.8, 4) is 5.75 Å². The molecule has 1 aliphatic rings. The molecular weight excluding hydrogens is 434 g/mol. The first-order valence-electron chi connectivity index (χ1n) is 10.3. The molecule has 1 saturated heterocycles. The number of carbonyl (C=O) groups excluding carboxylic acids is 1. The molecule has 2 aromatic carbocycles. The zero-order valence-corrected chi connectivity index (χ0v) is 18.6. The Labute approximate surface area is 187 Å². The quantitative estimate of drug-likeness (QED) is 0.622. The van der Waals surface area contributed by atoms with Crippen LogP contribution < -0.4 is 9.46 Å². The number of piperazine rings is 1. The van der Waals surface area contributed by atoms with E-state index in [1.807, 2.05) is 37.3 Å². The third-order valence-corrected chi connectivity index (χ3v) is 6.78. The number of ether oxygens (including phenoxy) is 1. The van der Waals surface area contributed by atoms with Gasteiger partial charge in [0, 0.05) is 26.2 Å². The van der Waals surface area contributed by atoms with Crippen molar-refractivity contribution in [1.82, 2.24) is 14.5 Å². The summed E-state index contributed by atoms with van der Waals surface area (Å²) < 4.78 is 33.0. The monoisotopic (exact) mass is 461 g/mol. The summed E-state index contributed by atoms with van der Waals surface area (Å²) in [5.74, 6) is 0.131. The number of benzene rings is 2. The highest BCUT2D eigenvalue weighted by Crippen LogP contribution is 2.17. The van der Waals surface area contributed by atoms with Crippen molar-refractivity contribution in [3.05, 3.63) is 60.2 Å². The van der Waals surface area contributed by atoms with Gasteiger partial charge in [0.25, 0.3) is 5.91 Å². The van der Waals surface area contributed by atoms with E-state index < -0.39 is 16.1 Å². The molecule has 2 N–H and O–H groups in total. The Balaban J connectivity index is 1.52. The van der Waals surface area contributed by atoms with Crippen molar-refractivity contribution in [2.75, 3.05) is 26.2 Å². The number of carbonyl (C=O) groups is 2. The molecule has 1 heterocycles. The van der Waals surface area contributed by atoms with E-state index in [-0.39, 0.29) is 36.5 Å². The second-order valence-corrected chi connectivity index (χ2v) is 9.21. The molecule has 1 fully saturated rings. The molecule has 9 nitrogen and oxygen atoms in total. The third-order valence-electron chi connectivity index (χ3n) is 5.36. The van der Waals surface area contributed by atoms with E-state index in [4.69, 9.17) is 4.74 Å². The maximum Gasteiger partial charge on any atom is 0.407 e. The Hall–Kier alpha value is -3.11. The molecule has 0 aliphatic carbocycles. The number of carboxylic acid groups (broad SMARTS) is 1. The predicted molar refractivity (Wildman–Crippen MR) is 118 cm³/mol. The van der Waals surface area contributed by atoms with E-state index in [1.165, 1.54) is 29.2 Å². The largest absolute Gasteiger partial charge is 0.484 e. The van der Waals surface area contributed by atoms with Gasteiger partial charge >= 0.3 is 6.09 Å². The van der Waals surface area contributed by atoms with Crippen molar-refractivity contribution < 1.29 is 27.9 Å². The van der Waals surface area contributed by atoms with Gasteiger partial charge in [-0.3, -0.25) is 4.79 Å². The third kappa shape index (κ3) is 5.98. The molecular formula is C22H27N3O6S. The number of nitrogens with zero attached hydrogens (tertiary/aromatic N) is 2. The maximum atomic E-state index is 12.5. The van der Waals surface area contributed by atoms with Crippen LogP contribution in [0.2, 0.25) is 0 Å². The van der Waals surface area contributed by atoms with E-state index in [0.717, 1.165) is 5.56 Å². The van der Waals surface area contributed by atoms with Gasteiger partial charge in [-0.25, -0.2) is 17.9 Å². The minimum absolute atomic E-state index is 0.0997. The second kappa shape index (κ2) is 10.5. The lowest BCUT2D eigenvalue weighted by atomic mass is 10.1. The SMILES string of the molecule is CCC1CN(C(=O)COc2ccc(S(=O)(=O)NCc3ccccc3)cc2)CCN1C(=O)O. The summed E-state index contributed by atoms with van der Waals surface area (Å²) in [5, 5.41) is 9.24. The Morgan fingerprint density at radius 3 is 2.41 bits per heavy atom. The maximum absolute atomic E-state index is 12.5. The first-order chi connectivity index (χ1) is 15.3. The summed E-state index contributed by atoms with van der Waals surface area (Å²) in [5.41, 5.74) is 0.851. The molecule has 172 valence electrons. The number of amides is 2. The van der Waals surface area contributed by atoms with Gasteiger partial charge in [0.1, 0.15) is 5.75 Å². The molecule has 2 aromatic rings. The number of nitrogens with one attached hydrogen (secondary N) is 1. The van der Waals surface area contributed by atoms with Crippen LogP contribution in [-0.2, 0) is 21.4 Å². The second-order valence-electron chi connectivity index (χ2n) is 7.45. The van der Waals surface area contributed by atoms with Crippen LogP contribution in [0.1, 0.15) is 18.9 Å². The van der Waals surface area contributed by atoms with Crippen molar-refractivity contribution in [3.63, 3.8) is 0 Å².